The normalized spacial score (nSPS) is 11.3. The minimum absolute atomic E-state index is 0.380. The summed E-state index contributed by atoms with van der Waals surface area (Å²) in [5, 5.41) is 3.51. The molecule has 0 unspecified atom stereocenters. The van der Waals surface area contributed by atoms with Crippen LogP contribution in [0.25, 0.3) is 22.1 Å². The molecule has 0 aliphatic carbocycles. The van der Waals surface area contributed by atoms with Crippen LogP contribution in [0, 0.1) is 0 Å². The summed E-state index contributed by atoms with van der Waals surface area (Å²) in [4.78, 5) is 24.5. The van der Waals surface area contributed by atoms with E-state index in [0.717, 1.165) is 5.39 Å². The molecular formula is C20H19NO4. The Morgan fingerprint density at radius 3 is 2.44 bits per heavy atom. The molecule has 5 heteroatoms. The molecule has 1 heterocycles. The topological polar surface area (TPSA) is 68.5 Å². The summed E-state index contributed by atoms with van der Waals surface area (Å²) < 4.78 is 10.7. The van der Waals surface area contributed by atoms with Crippen LogP contribution in [0.15, 0.2) is 63.8 Å². The zero-order valence-electron chi connectivity index (χ0n) is 14.3. The highest BCUT2D eigenvalue weighted by Crippen LogP contribution is 2.28. The smallest absolute Gasteiger partial charge is 0.412 e. The van der Waals surface area contributed by atoms with Crippen molar-refractivity contribution < 1.29 is 13.9 Å². The Hall–Kier alpha value is -3.08. The monoisotopic (exact) mass is 337 g/mol. The number of rotatable bonds is 2. The first-order chi connectivity index (χ1) is 11.8. The highest BCUT2D eigenvalue weighted by molar-refractivity contribution is 5.93. The van der Waals surface area contributed by atoms with Crippen LogP contribution in [-0.2, 0) is 4.74 Å². The predicted octanol–water partition coefficient (Wildman–Crippen LogP) is 4.81. The molecule has 1 N–H and O–H groups in total. The van der Waals surface area contributed by atoms with Crippen LogP contribution >= 0.6 is 0 Å². The highest BCUT2D eigenvalue weighted by Gasteiger charge is 2.18. The molecule has 5 nitrogen and oxygen atoms in total. The van der Waals surface area contributed by atoms with Crippen LogP contribution in [0.4, 0.5) is 10.5 Å². The largest absolute Gasteiger partial charge is 0.444 e. The Morgan fingerprint density at radius 2 is 1.68 bits per heavy atom. The minimum atomic E-state index is -0.610. The van der Waals surface area contributed by atoms with Gasteiger partial charge in [-0.15, -0.1) is 0 Å². The second-order valence-electron chi connectivity index (χ2n) is 6.66. The van der Waals surface area contributed by atoms with Gasteiger partial charge < -0.3 is 9.15 Å². The zero-order chi connectivity index (χ0) is 18.0. The van der Waals surface area contributed by atoms with Gasteiger partial charge in [0.1, 0.15) is 11.2 Å². The van der Waals surface area contributed by atoms with Gasteiger partial charge in [-0.2, -0.15) is 0 Å². The summed E-state index contributed by atoms with van der Waals surface area (Å²) in [6, 6.07) is 16.1. The number of hydrogen-bond donors (Lipinski definition) is 1. The number of carbonyl (C=O) groups is 1. The van der Waals surface area contributed by atoms with Gasteiger partial charge in [0.15, 0.2) is 0 Å². The standard InChI is InChI=1S/C20H19NO4/c1-20(2,3)25-19(23)21-16-10-6-5-9-14(16)15-12-13-8-4-7-11-17(13)24-18(15)22/h4-12H,1-3H3,(H,21,23). The van der Waals surface area contributed by atoms with E-state index in [4.69, 9.17) is 9.15 Å². The van der Waals surface area contributed by atoms with Gasteiger partial charge in [-0.05, 0) is 39.0 Å². The average molecular weight is 337 g/mol. The predicted molar refractivity (Wildman–Crippen MR) is 97.8 cm³/mol. The van der Waals surface area contributed by atoms with Crippen molar-refractivity contribution in [1.29, 1.82) is 0 Å². The molecule has 0 aliphatic heterocycles. The van der Waals surface area contributed by atoms with Crippen LogP contribution in [0.2, 0.25) is 0 Å². The third-order valence-electron chi connectivity index (χ3n) is 3.49. The Kier molecular flexibility index (Phi) is 4.31. The van der Waals surface area contributed by atoms with Crippen molar-refractivity contribution in [2.45, 2.75) is 26.4 Å². The molecule has 3 aromatic rings. The lowest BCUT2D eigenvalue weighted by molar-refractivity contribution is 0.0636. The number of hydrogen-bond acceptors (Lipinski definition) is 4. The van der Waals surface area contributed by atoms with Crippen molar-refractivity contribution >= 4 is 22.7 Å². The maximum atomic E-state index is 12.4. The maximum absolute atomic E-state index is 12.4. The van der Waals surface area contributed by atoms with E-state index in [1.165, 1.54) is 0 Å². The van der Waals surface area contributed by atoms with E-state index in [1.54, 1.807) is 57.2 Å². The lowest BCUT2D eigenvalue weighted by atomic mass is 10.0. The van der Waals surface area contributed by atoms with E-state index in [9.17, 15) is 9.59 Å². The van der Waals surface area contributed by atoms with Gasteiger partial charge in [-0.1, -0.05) is 36.4 Å². The number of benzene rings is 2. The van der Waals surface area contributed by atoms with E-state index in [0.29, 0.717) is 22.4 Å². The van der Waals surface area contributed by atoms with Crippen LogP contribution in [0.3, 0.4) is 0 Å². The van der Waals surface area contributed by atoms with Crippen molar-refractivity contribution in [2.75, 3.05) is 5.32 Å². The second kappa shape index (κ2) is 6.43. The van der Waals surface area contributed by atoms with Crippen molar-refractivity contribution in [1.82, 2.24) is 0 Å². The number of para-hydroxylation sites is 2. The van der Waals surface area contributed by atoms with Crippen molar-refractivity contribution in [2.24, 2.45) is 0 Å². The summed E-state index contributed by atoms with van der Waals surface area (Å²) >= 11 is 0. The Balaban J connectivity index is 2.03. The first-order valence-electron chi connectivity index (χ1n) is 7.96. The van der Waals surface area contributed by atoms with Gasteiger partial charge in [0.05, 0.1) is 11.3 Å². The quantitative estimate of drug-likeness (QED) is 0.682. The van der Waals surface area contributed by atoms with Crippen LogP contribution in [0.1, 0.15) is 20.8 Å². The van der Waals surface area contributed by atoms with Crippen molar-refractivity contribution in [3.05, 3.63) is 65.0 Å². The summed E-state index contributed by atoms with van der Waals surface area (Å²) in [5.74, 6) is 0. The number of anilines is 1. The highest BCUT2D eigenvalue weighted by atomic mass is 16.6. The third kappa shape index (κ3) is 3.88. The van der Waals surface area contributed by atoms with Gasteiger partial charge in [0, 0.05) is 10.9 Å². The maximum Gasteiger partial charge on any atom is 0.412 e. The molecule has 25 heavy (non-hydrogen) atoms. The molecule has 3 rings (SSSR count). The van der Waals surface area contributed by atoms with Gasteiger partial charge >= 0.3 is 11.7 Å². The number of amides is 1. The summed E-state index contributed by atoms with van der Waals surface area (Å²) in [6.07, 6.45) is -0.579. The third-order valence-corrected chi connectivity index (χ3v) is 3.49. The summed E-state index contributed by atoms with van der Waals surface area (Å²) in [7, 11) is 0. The van der Waals surface area contributed by atoms with Gasteiger partial charge in [-0.3, -0.25) is 5.32 Å². The number of nitrogens with one attached hydrogen (secondary N) is 1. The molecule has 0 saturated heterocycles. The van der Waals surface area contributed by atoms with Crippen molar-refractivity contribution in [3.8, 4) is 11.1 Å². The SMILES string of the molecule is CC(C)(C)OC(=O)Nc1ccccc1-c1cc2ccccc2oc1=O. The summed E-state index contributed by atoms with van der Waals surface area (Å²) in [6.45, 7) is 5.36. The lowest BCUT2D eigenvalue weighted by Gasteiger charge is -2.20. The fraction of sp³-hybridized carbons (Fsp3) is 0.200. The Bertz CT molecular complexity index is 983. The molecule has 0 spiro atoms. The van der Waals surface area contributed by atoms with Gasteiger partial charge in [-0.25, -0.2) is 9.59 Å². The molecule has 0 saturated carbocycles. The van der Waals surface area contributed by atoms with E-state index in [1.807, 2.05) is 18.2 Å². The lowest BCUT2D eigenvalue weighted by Crippen LogP contribution is -2.27. The van der Waals surface area contributed by atoms with Crippen LogP contribution in [-0.4, -0.2) is 11.7 Å². The van der Waals surface area contributed by atoms with Crippen molar-refractivity contribution in [3.63, 3.8) is 0 Å². The first-order valence-corrected chi connectivity index (χ1v) is 7.96. The van der Waals surface area contributed by atoms with E-state index >= 15 is 0 Å². The fourth-order valence-electron chi connectivity index (χ4n) is 2.49. The molecule has 0 radical (unpaired) electrons. The Labute approximate surface area is 145 Å². The molecular weight excluding hydrogens is 318 g/mol. The zero-order valence-corrected chi connectivity index (χ0v) is 14.3. The summed E-state index contributed by atoms with van der Waals surface area (Å²) in [5.41, 5.74) is 0.893. The van der Waals surface area contributed by atoms with Gasteiger partial charge in [0.2, 0.25) is 0 Å². The number of carbonyl (C=O) groups excluding carboxylic acids is 1. The van der Waals surface area contributed by atoms with E-state index < -0.39 is 17.3 Å². The molecule has 0 bridgehead atoms. The van der Waals surface area contributed by atoms with E-state index in [-0.39, 0.29) is 0 Å². The number of ether oxygens (including phenoxy) is 1. The molecule has 128 valence electrons. The molecule has 0 fully saturated rings. The molecule has 1 amide bonds. The average Bonchev–Trinajstić information content (AvgIpc) is 2.53. The first kappa shape index (κ1) is 16.8. The molecule has 0 atom stereocenters. The molecule has 0 aliphatic rings. The molecule has 1 aromatic heterocycles. The molecule has 2 aromatic carbocycles. The van der Waals surface area contributed by atoms with E-state index in [2.05, 4.69) is 5.32 Å². The second-order valence-corrected chi connectivity index (χ2v) is 6.66. The number of fused-ring (bicyclic) bond motifs is 1. The van der Waals surface area contributed by atoms with Crippen LogP contribution < -0.4 is 10.9 Å². The van der Waals surface area contributed by atoms with Gasteiger partial charge in [0.25, 0.3) is 0 Å². The Morgan fingerprint density at radius 1 is 1.00 bits per heavy atom. The fourth-order valence-corrected chi connectivity index (χ4v) is 2.49. The van der Waals surface area contributed by atoms with Crippen LogP contribution in [0.5, 0.6) is 0 Å². The minimum Gasteiger partial charge on any atom is -0.444 e.